The van der Waals surface area contributed by atoms with Crippen molar-refractivity contribution < 1.29 is 19.1 Å². The lowest BCUT2D eigenvalue weighted by Gasteiger charge is -2.09. The molecule has 1 N–H and O–H groups in total. The van der Waals surface area contributed by atoms with E-state index in [2.05, 4.69) is 0 Å². The van der Waals surface area contributed by atoms with Gasteiger partial charge in [-0.2, -0.15) is 0 Å². The summed E-state index contributed by atoms with van der Waals surface area (Å²) in [5.74, 6) is -0.454. The number of benzene rings is 3. The number of aromatic carboxylic acids is 1. The number of fused-ring (bicyclic) bond motifs is 1. The second kappa shape index (κ2) is 7.40. The van der Waals surface area contributed by atoms with Crippen LogP contribution in [0.25, 0.3) is 22.1 Å². The second-order valence-corrected chi connectivity index (χ2v) is 6.30. The Balaban J connectivity index is 1.64. The molecular weight excluding hydrogens is 356 g/mol. The van der Waals surface area contributed by atoms with Gasteiger partial charge in [0.05, 0.1) is 5.56 Å². The van der Waals surface area contributed by atoms with E-state index in [9.17, 15) is 9.59 Å². The molecule has 0 unspecified atom stereocenters. The van der Waals surface area contributed by atoms with Crippen molar-refractivity contribution in [1.82, 2.24) is 0 Å². The SMILES string of the molecule is O=C(O)c1cccc(COc2ccc3c(-c4ccccc4)cc(=O)oc3c2)c1. The van der Waals surface area contributed by atoms with Crippen molar-refractivity contribution in [2.24, 2.45) is 0 Å². The molecule has 138 valence electrons. The maximum Gasteiger partial charge on any atom is 0.336 e. The molecule has 0 amide bonds. The van der Waals surface area contributed by atoms with E-state index >= 15 is 0 Å². The first-order chi connectivity index (χ1) is 13.6. The molecule has 4 aromatic rings. The zero-order valence-electron chi connectivity index (χ0n) is 14.8. The Morgan fingerprint density at radius 2 is 1.75 bits per heavy atom. The summed E-state index contributed by atoms with van der Waals surface area (Å²) < 4.78 is 11.1. The zero-order chi connectivity index (χ0) is 19.5. The first-order valence-electron chi connectivity index (χ1n) is 8.68. The molecule has 0 fully saturated rings. The van der Waals surface area contributed by atoms with Crippen LogP contribution in [0, 0.1) is 0 Å². The zero-order valence-corrected chi connectivity index (χ0v) is 14.8. The number of carboxylic acid groups (broad SMARTS) is 1. The maximum atomic E-state index is 12.0. The van der Waals surface area contributed by atoms with Gasteiger partial charge in [-0.15, -0.1) is 0 Å². The Labute approximate surface area is 160 Å². The number of ether oxygens (including phenoxy) is 1. The van der Waals surface area contributed by atoms with Gasteiger partial charge in [0, 0.05) is 17.5 Å². The van der Waals surface area contributed by atoms with Gasteiger partial charge in [-0.25, -0.2) is 9.59 Å². The quantitative estimate of drug-likeness (QED) is 0.512. The summed E-state index contributed by atoms with van der Waals surface area (Å²) in [4.78, 5) is 23.1. The lowest BCUT2D eigenvalue weighted by atomic mass is 10.0. The predicted molar refractivity (Wildman–Crippen MR) is 106 cm³/mol. The fourth-order valence-corrected chi connectivity index (χ4v) is 3.05. The van der Waals surface area contributed by atoms with Gasteiger partial charge < -0.3 is 14.3 Å². The molecule has 0 spiro atoms. The van der Waals surface area contributed by atoms with Gasteiger partial charge in [-0.1, -0.05) is 42.5 Å². The Kier molecular flexibility index (Phi) is 4.64. The molecule has 0 aliphatic carbocycles. The first-order valence-corrected chi connectivity index (χ1v) is 8.68. The van der Waals surface area contributed by atoms with E-state index < -0.39 is 11.6 Å². The number of hydrogen-bond donors (Lipinski definition) is 1. The molecule has 5 heteroatoms. The maximum absolute atomic E-state index is 12.0. The van der Waals surface area contributed by atoms with Crippen LogP contribution < -0.4 is 10.4 Å². The van der Waals surface area contributed by atoms with Gasteiger partial charge in [-0.3, -0.25) is 0 Å². The van der Waals surface area contributed by atoms with Gasteiger partial charge in [0.1, 0.15) is 17.9 Å². The Morgan fingerprint density at radius 1 is 0.929 bits per heavy atom. The van der Waals surface area contributed by atoms with E-state index in [1.165, 1.54) is 12.1 Å². The standard InChI is InChI=1S/C23H16O5/c24-22-13-20(16-6-2-1-3-7-16)19-10-9-18(12-21(19)28-22)27-14-15-5-4-8-17(11-15)23(25)26/h1-13H,14H2,(H,25,26). The molecule has 0 saturated carbocycles. The minimum absolute atomic E-state index is 0.204. The van der Waals surface area contributed by atoms with Crippen LogP contribution in [0.1, 0.15) is 15.9 Å². The summed E-state index contributed by atoms with van der Waals surface area (Å²) in [5, 5.41) is 9.89. The summed E-state index contributed by atoms with van der Waals surface area (Å²) in [6.07, 6.45) is 0. The van der Waals surface area contributed by atoms with Crippen LogP contribution in [0.5, 0.6) is 5.75 Å². The van der Waals surface area contributed by atoms with E-state index in [0.717, 1.165) is 22.1 Å². The van der Waals surface area contributed by atoms with Crippen LogP contribution >= 0.6 is 0 Å². The van der Waals surface area contributed by atoms with E-state index in [0.29, 0.717) is 11.3 Å². The molecule has 0 saturated heterocycles. The highest BCUT2D eigenvalue weighted by Crippen LogP contribution is 2.29. The molecule has 28 heavy (non-hydrogen) atoms. The van der Waals surface area contributed by atoms with Gasteiger partial charge in [0.2, 0.25) is 0 Å². The second-order valence-electron chi connectivity index (χ2n) is 6.30. The molecule has 3 aromatic carbocycles. The fraction of sp³-hybridized carbons (Fsp3) is 0.0435. The lowest BCUT2D eigenvalue weighted by molar-refractivity contribution is 0.0696. The third-order valence-electron chi connectivity index (χ3n) is 4.38. The highest BCUT2D eigenvalue weighted by atomic mass is 16.5. The van der Waals surface area contributed by atoms with Crippen LogP contribution in [0.3, 0.4) is 0 Å². The van der Waals surface area contributed by atoms with Crippen molar-refractivity contribution in [3.8, 4) is 16.9 Å². The van der Waals surface area contributed by atoms with Crippen LogP contribution in [0.2, 0.25) is 0 Å². The Bertz CT molecular complexity index is 1210. The van der Waals surface area contributed by atoms with E-state index in [-0.39, 0.29) is 12.2 Å². The molecule has 0 radical (unpaired) electrons. The fourth-order valence-electron chi connectivity index (χ4n) is 3.05. The third-order valence-corrected chi connectivity index (χ3v) is 4.38. The molecular formula is C23H16O5. The average Bonchev–Trinajstić information content (AvgIpc) is 2.72. The summed E-state index contributed by atoms with van der Waals surface area (Å²) in [6, 6.07) is 23.0. The van der Waals surface area contributed by atoms with Gasteiger partial charge in [-0.05, 0) is 41.0 Å². The molecule has 0 aliphatic heterocycles. The number of carbonyl (C=O) groups is 1. The Morgan fingerprint density at radius 3 is 2.54 bits per heavy atom. The lowest BCUT2D eigenvalue weighted by Crippen LogP contribution is -2.01. The van der Waals surface area contributed by atoms with Crippen LogP contribution in [-0.4, -0.2) is 11.1 Å². The van der Waals surface area contributed by atoms with Crippen molar-refractivity contribution in [1.29, 1.82) is 0 Å². The normalized spacial score (nSPS) is 10.7. The van der Waals surface area contributed by atoms with Gasteiger partial charge in [0.15, 0.2) is 0 Å². The van der Waals surface area contributed by atoms with Crippen molar-refractivity contribution in [3.63, 3.8) is 0 Å². The predicted octanol–water partition coefficient (Wildman–Crippen LogP) is 4.74. The monoisotopic (exact) mass is 372 g/mol. The van der Waals surface area contributed by atoms with Crippen molar-refractivity contribution in [2.45, 2.75) is 6.61 Å². The smallest absolute Gasteiger partial charge is 0.336 e. The summed E-state index contributed by atoms with van der Waals surface area (Å²) in [5.41, 5.74) is 2.67. The van der Waals surface area contributed by atoms with Gasteiger partial charge >= 0.3 is 11.6 Å². The molecule has 0 aliphatic rings. The first kappa shape index (κ1) is 17.5. The topological polar surface area (TPSA) is 76.7 Å². The molecule has 0 bridgehead atoms. The van der Waals surface area contributed by atoms with Crippen LogP contribution in [-0.2, 0) is 6.61 Å². The highest BCUT2D eigenvalue weighted by Gasteiger charge is 2.09. The van der Waals surface area contributed by atoms with Crippen molar-refractivity contribution in [3.05, 3.63) is 100 Å². The number of carboxylic acids is 1. The summed E-state index contributed by atoms with van der Waals surface area (Å²) in [6.45, 7) is 0.204. The molecule has 5 nitrogen and oxygen atoms in total. The largest absolute Gasteiger partial charge is 0.489 e. The third kappa shape index (κ3) is 3.64. The minimum Gasteiger partial charge on any atom is -0.489 e. The van der Waals surface area contributed by atoms with Crippen molar-refractivity contribution >= 4 is 16.9 Å². The highest BCUT2D eigenvalue weighted by molar-refractivity contribution is 5.93. The molecule has 0 atom stereocenters. The summed E-state index contributed by atoms with van der Waals surface area (Å²) >= 11 is 0. The van der Waals surface area contributed by atoms with E-state index in [4.69, 9.17) is 14.3 Å². The summed E-state index contributed by atoms with van der Waals surface area (Å²) in [7, 11) is 0. The Hall–Kier alpha value is -3.86. The van der Waals surface area contributed by atoms with Crippen LogP contribution in [0.15, 0.2) is 88.1 Å². The molecule has 4 rings (SSSR count). The number of hydrogen-bond acceptors (Lipinski definition) is 4. The molecule has 1 heterocycles. The number of rotatable bonds is 5. The minimum atomic E-state index is -0.984. The van der Waals surface area contributed by atoms with E-state index in [1.807, 2.05) is 36.4 Å². The van der Waals surface area contributed by atoms with Gasteiger partial charge in [0.25, 0.3) is 0 Å². The molecule has 1 aromatic heterocycles. The van der Waals surface area contributed by atoms with Crippen LogP contribution in [0.4, 0.5) is 0 Å². The van der Waals surface area contributed by atoms with E-state index in [1.54, 1.807) is 30.3 Å². The van der Waals surface area contributed by atoms with Crippen molar-refractivity contribution in [2.75, 3.05) is 0 Å². The average molecular weight is 372 g/mol.